The molecule has 0 saturated carbocycles. The average molecular weight is 306 g/mol. The summed E-state index contributed by atoms with van der Waals surface area (Å²) in [6, 6.07) is 10.1. The third-order valence-corrected chi connectivity index (χ3v) is 4.51. The van der Waals surface area contributed by atoms with E-state index in [4.69, 9.17) is 17.0 Å². The number of hydrogen-bond donors (Lipinski definition) is 1. The van der Waals surface area contributed by atoms with Gasteiger partial charge < -0.3 is 15.0 Å². The molecule has 4 heteroatoms. The van der Waals surface area contributed by atoms with Gasteiger partial charge in [-0.15, -0.1) is 0 Å². The molecule has 0 atom stereocenters. The standard InChI is InChI=1S/C17H26N2OS/c1-16(2)11-14(20-5)12-17(3,4)19(16)15(21)18-13-9-7-6-8-10-13/h6-10,14H,11-12H2,1-5H3,(H,18,21). The molecular formula is C17H26N2OS. The van der Waals surface area contributed by atoms with E-state index < -0.39 is 0 Å². The summed E-state index contributed by atoms with van der Waals surface area (Å²) >= 11 is 5.70. The molecule has 1 aliphatic heterocycles. The molecule has 1 N–H and O–H groups in total. The van der Waals surface area contributed by atoms with Gasteiger partial charge in [-0.1, -0.05) is 18.2 Å². The van der Waals surface area contributed by atoms with Crippen molar-refractivity contribution in [1.29, 1.82) is 0 Å². The van der Waals surface area contributed by atoms with E-state index in [9.17, 15) is 0 Å². The van der Waals surface area contributed by atoms with Crippen molar-refractivity contribution < 1.29 is 4.74 Å². The van der Waals surface area contributed by atoms with Gasteiger partial charge in [0.1, 0.15) is 0 Å². The van der Waals surface area contributed by atoms with Crippen molar-refractivity contribution in [3.63, 3.8) is 0 Å². The maximum Gasteiger partial charge on any atom is 0.174 e. The first-order valence-corrected chi connectivity index (χ1v) is 7.86. The number of nitrogens with zero attached hydrogens (tertiary/aromatic N) is 1. The molecule has 0 aliphatic carbocycles. The van der Waals surface area contributed by atoms with Gasteiger partial charge >= 0.3 is 0 Å². The fraction of sp³-hybridized carbons (Fsp3) is 0.588. The lowest BCUT2D eigenvalue weighted by Gasteiger charge is -2.56. The zero-order chi connectivity index (χ0) is 15.7. The summed E-state index contributed by atoms with van der Waals surface area (Å²) in [7, 11) is 1.80. The Labute approximate surface area is 133 Å². The topological polar surface area (TPSA) is 24.5 Å². The molecule has 2 rings (SSSR count). The van der Waals surface area contributed by atoms with Crippen molar-refractivity contribution in [2.45, 2.75) is 57.7 Å². The van der Waals surface area contributed by atoms with Crippen molar-refractivity contribution in [2.24, 2.45) is 0 Å². The third kappa shape index (κ3) is 3.55. The number of rotatable bonds is 2. The van der Waals surface area contributed by atoms with Gasteiger partial charge in [0.15, 0.2) is 5.11 Å². The average Bonchev–Trinajstić information content (AvgIpc) is 2.36. The second-order valence-corrected chi connectivity index (χ2v) is 7.41. The molecule has 1 aliphatic rings. The highest BCUT2D eigenvalue weighted by Gasteiger charge is 2.46. The van der Waals surface area contributed by atoms with E-state index in [1.54, 1.807) is 7.11 Å². The first kappa shape index (κ1) is 16.2. The minimum atomic E-state index is -0.0404. The summed E-state index contributed by atoms with van der Waals surface area (Å²) in [6.45, 7) is 8.94. The van der Waals surface area contributed by atoms with E-state index >= 15 is 0 Å². The van der Waals surface area contributed by atoms with Crippen molar-refractivity contribution in [3.05, 3.63) is 30.3 Å². The first-order valence-electron chi connectivity index (χ1n) is 7.45. The van der Waals surface area contributed by atoms with Gasteiger partial charge in [-0.3, -0.25) is 0 Å². The van der Waals surface area contributed by atoms with E-state index in [0.717, 1.165) is 23.6 Å². The molecule has 1 saturated heterocycles. The summed E-state index contributed by atoms with van der Waals surface area (Å²) < 4.78 is 5.62. The zero-order valence-electron chi connectivity index (χ0n) is 13.6. The molecule has 116 valence electrons. The van der Waals surface area contributed by atoms with Gasteiger partial charge in [0.05, 0.1) is 6.10 Å². The smallest absolute Gasteiger partial charge is 0.174 e. The van der Waals surface area contributed by atoms with E-state index in [-0.39, 0.29) is 17.2 Å². The predicted molar refractivity (Wildman–Crippen MR) is 92.7 cm³/mol. The maximum absolute atomic E-state index is 5.70. The molecule has 1 fully saturated rings. The summed E-state index contributed by atoms with van der Waals surface area (Å²) in [5.41, 5.74) is 0.950. The van der Waals surface area contributed by atoms with Crippen molar-refractivity contribution in [1.82, 2.24) is 4.90 Å². The summed E-state index contributed by atoms with van der Waals surface area (Å²) in [4.78, 5) is 2.33. The number of piperidine rings is 1. The molecule has 3 nitrogen and oxygen atoms in total. The fourth-order valence-electron chi connectivity index (χ4n) is 3.61. The van der Waals surface area contributed by atoms with Gasteiger partial charge in [-0.05, 0) is 64.9 Å². The minimum Gasteiger partial charge on any atom is -0.381 e. The van der Waals surface area contributed by atoms with E-state index in [0.29, 0.717) is 0 Å². The number of likely N-dealkylation sites (tertiary alicyclic amines) is 1. The highest BCUT2D eigenvalue weighted by atomic mass is 32.1. The summed E-state index contributed by atoms with van der Waals surface area (Å²) in [5.74, 6) is 0. The van der Waals surface area contributed by atoms with Crippen LogP contribution in [-0.4, -0.2) is 34.3 Å². The largest absolute Gasteiger partial charge is 0.381 e. The van der Waals surface area contributed by atoms with Crippen molar-refractivity contribution >= 4 is 23.0 Å². The number of benzene rings is 1. The Bertz CT molecular complexity index is 481. The van der Waals surface area contributed by atoms with Crippen LogP contribution in [-0.2, 0) is 4.74 Å². The molecule has 1 aromatic carbocycles. The van der Waals surface area contributed by atoms with Crippen LogP contribution in [0.3, 0.4) is 0 Å². The third-order valence-electron chi connectivity index (χ3n) is 4.23. The Morgan fingerprint density at radius 2 is 1.67 bits per heavy atom. The van der Waals surface area contributed by atoms with Gasteiger partial charge in [0, 0.05) is 23.9 Å². The zero-order valence-corrected chi connectivity index (χ0v) is 14.5. The molecule has 0 amide bonds. The Balaban J connectivity index is 2.21. The molecule has 1 heterocycles. The normalized spacial score (nSPS) is 21.1. The van der Waals surface area contributed by atoms with E-state index in [1.165, 1.54) is 0 Å². The molecular weight excluding hydrogens is 280 g/mol. The molecule has 0 unspecified atom stereocenters. The Kier molecular flexibility index (Phi) is 4.59. The van der Waals surface area contributed by atoms with Crippen LogP contribution in [0.4, 0.5) is 5.69 Å². The van der Waals surface area contributed by atoms with Crippen LogP contribution >= 0.6 is 12.2 Å². The minimum absolute atomic E-state index is 0.0404. The monoisotopic (exact) mass is 306 g/mol. The Hall–Kier alpha value is -1.13. The molecule has 1 aromatic rings. The van der Waals surface area contributed by atoms with Crippen molar-refractivity contribution in [2.75, 3.05) is 12.4 Å². The van der Waals surface area contributed by atoms with Crippen LogP contribution in [0.2, 0.25) is 0 Å². The summed E-state index contributed by atoms with van der Waals surface area (Å²) in [6.07, 6.45) is 2.23. The quantitative estimate of drug-likeness (QED) is 0.833. The molecule has 0 bridgehead atoms. The van der Waals surface area contributed by atoms with Crippen molar-refractivity contribution in [3.8, 4) is 0 Å². The highest BCUT2D eigenvalue weighted by molar-refractivity contribution is 7.80. The fourth-order valence-corrected chi connectivity index (χ4v) is 4.22. The van der Waals surface area contributed by atoms with E-state index in [1.807, 2.05) is 30.3 Å². The lowest BCUT2D eigenvalue weighted by Crippen LogP contribution is -2.65. The highest BCUT2D eigenvalue weighted by Crippen LogP contribution is 2.39. The number of nitrogens with one attached hydrogen (secondary N) is 1. The predicted octanol–water partition coefficient (Wildman–Crippen LogP) is 4.05. The van der Waals surface area contributed by atoms with Crippen LogP contribution in [0.1, 0.15) is 40.5 Å². The van der Waals surface area contributed by atoms with Gasteiger partial charge in [0.25, 0.3) is 0 Å². The Morgan fingerprint density at radius 1 is 1.14 bits per heavy atom. The van der Waals surface area contributed by atoms with Crippen LogP contribution < -0.4 is 5.32 Å². The number of para-hydroxylation sites is 1. The van der Waals surface area contributed by atoms with Crippen LogP contribution in [0, 0.1) is 0 Å². The Morgan fingerprint density at radius 3 is 2.14 bits per heavy atom. The van der Waals surface area contributed by atoms with Crippen LogP contribution in [0.15, 0.2) is 30.3 Å². The van der Waals surface area contributed by atoms with E-state index in [2.05, 4.69) is 37.9 Å². The lowest BCUT2D eigenvalue weighted by molar-refractivity contribution is -0.0528. The molecule has 0 spiro atoms. The lowest BCUT2D eigenvalue weighted by atomic mass is 9.78. The first-order chi connectivity index (χ1) is 9.76. The second-order valence-electron chi connectivity index (χ2n) is 7.02. The van der Waals surface area contributed by atoms with Gasteiger partial charge in [0.2, 0.25) is 0 Å². The van der Waals surface area contributed by atoms with Gasteiger partial charge in [-0.25, -0.2) is 0 Å². The SMILES string of the molecule is COC1CC(C)(C)N(C(=S)Nc2ccccc2)C(C)(C)C1. The van der Waals surface area contributed by atoms with Crippen LogP contribution in [0.25, 0.3) is 0 Å². The summed E-state index contributed by atoms with van der Waals surface area (Å²) in [5, 5.41) is 4.16. The molecule has 21 heavy (non-hydrogen) atoms. The molecule has 0 aromatic heterocycles. The van der Waals surface area contributed by atoms with Crippen LogP contribution in [0.5, 0.6) is 0 Å². The number of hydrogen-bond acceptors (Lipinski definition) is 2. The molecule has 0 radical (unpaired) electrons. The number of anilines is 1. The van der Waals surface area contributed by atoms with Gasteiger partial charge in [-0.2, -0.15) is 0 Å². The maximum atomic E-state index is 5.70. The number of methoxy groups -OCH3 is 1. The second kappa shape index (κ2) is 5.93. The number of ether oxygens (including phenoxy) is 1. The number of thiocarbonyl (C=S) groups is 1.